The van der Waals surface area contributed by atoms with Crippen molar-refractivity contribution in [3.8, 4) is 0 Å². The van der Waals surface area contributed by atoms with E-state index in [0.717, 1.165) is 16.0 Å². The molecule has 0 radical (unpaired) electrons. The molecule has 0 aliphatic carbocycles. The van der Waals surface area contributed by atoms with Crippen molar-refractivity contribution in [3.63, 3.8) is 0 Å². The van der Waals surface area contributed by atoms with Crippen LogP contribution < -0.4 is 10.0 Å². The van der Waals surface area contributed by atoms with E-state index >= 15 is 0 Å². The van der Waals surface area contributed by atoms with Crippen LogP contribution in [0.4, 0.5) is 10.5 Å². The van der Waals surface area contributed by atoms with Crippen LogP contribution in [0.1, 0.15) is 11.1 Å². The van der Waals surface area contributed by atoms with Crippen molar-refractivity contribution >= 4 is 17.7 Å². The van der Waals surface area contributed by atoms with Gasteiger partial charge in [0, 0.05) is 6.42 Å². The number of carboxylic acids is 1. The zero-order valence-corrected chi connectivity index (χ0v) is 11.8. The fourth-order valence-electron chi connectivity index (χ4n) is 2.59. The number of anilines is 1. The number of hydrogen-bond donors (Lipinski definition) is 0. The number of fused-ring (bicyclic) bond motifs is 1. The molecule has 5 heteroatoms. The number of nitrogens with zero attached hydrogens (tertiary/aromatic N) is 1. The Morgan fingerprint density at radius 2 is 1.77 bits per heavy atom. The van der Waals surface area contributed by atoms with Gasteiger partial charge in [0.25, 0.3) is 0 Å². The van der Waals surface area contributed by atoms with Crippen LogP contribution in [0.3, 0.4) is 0 Å². The molecule has 22 heavy (non-hydrogen) atoms. The van der Waals surface area contributed by atoms with Gasteiger partial charge in [0.1, 0.15) is 6.61 Å². The van der Waals surface area contributed by atoms with E-state index in [2.05, 4.69) is 0 Å². The maximum absolute atomic E-state index is 12.3. The van der Waals surface area contributed by atoms with Gasteiger partial charge in [-0.05, 0) is 17.2 Å². The van der Waals surface area contributed by atoms with E-state index in [9.17, 15) is 14.7 Å². The SMILES string of the molecule is O=C([O-])[C@H]1Cc2ccccc2N1C(=O)OCc1ccccc1. The minimum atomic E-state index is -1.28. The summed E-state index contributed by atoms with van der Waals surface area (Å²) in [5.41, 5.74) is 2.21. The molecule has 2 aromatic carbocycles. The molecule has 1 aliphatic heterocycles. The van der Waals surface area contributed by atoms with Gasteiger partial charge in [-0.15, -0.1) is 0 Å². The fourth-order valence-corrected chi connectivity index (χ4v) is 2.59. The molecule has 1 amide bonds. The number of para-hydroxylation sites is 1. The molecule has 0 saturated heterocycles. The van der Waals surface area contributed by atoms with Crippen molar-refractivity contribution < 1.29 is 19.4 Å². The number of carbonyl (C=O) groups is 2. The van der Waals surface area contributed by atoms with E-state index in [4.69, 9.17) is 4.74 Å². The first kappa shape index (κ1) is 14.1. The second-order valence-electron chi connectivity index (χ2n) is 5.08. The third-order valence-electron chi connectivity index (χ3n) is 3.65. The van der Waals surface area contributed by atoms with Crippen LogP contribution in [0.25, 0.3) is 0 Å². The second kappa shape index (κ2) is 5.89. The lowest BCUT2D eigenvalue weighted by atomic mass is 10.1. The molecule has 0 aromatic heterocycles. The van der Waals surface area contributed by atoms with Gasteiger partial charge in [-0.25, -0.2) is 4.79 Å². The lowest BCUT2D eigenvalue weighted by Crippen LogP contribution is -2.49. The van der Waals surface area contributed by atoms with E-state index in [1.165, 1.54) is 0 Å². The predicted octanol–water partition coefficient (Wildman–Crippen LogP) is 1.50. The Morgan fingerprint density at radius 3 is 2.50 bits per heavy atom. The highest BCUT2D eigenvalue weighted by molar-refractivity contribution is 5.97. The summed E-state index contributed by atoms with van der Waals surface area (Å²) in [6.07, 6.45) is -0.443. The van der Waals surface area contributed by atoms with Gasteiger partial charge in [0.15, 0.2) is 0 Å². The minimum Gasteiger partial charge on any atom is -0.548 e. The van der Waals surface area contributed by atoms with Crippen LogP contribution in [-0.2, 0) is 22.6 Å². The fraction of sp³-hybridized carbons (Fsp3) is 0.176. The Hall–Kier alpha value is -2.82. The number of carbonyl (C=O) groups excluding carboxylic acids is 2. The summed E-state index contributed by atoms with van der Waals surface area (Å²) in [4.78, 5) is 24.8. The number of carboxylic acid groups (broad SMARTS) is 1. The largest absolute Gasteiger partial charge is 0.548 e. The van der Waals surface area contributed by atoms with Crippen LogP contribution in [0.5, 0.6) is 0 Å². The Bertz CT molecular complexity index is 699. The molecule has 1 aliphatic rings. The smallest absolute Gasteiger partial charge is 0.415 e. The first-order valence-electron chi connectivity index (χ1n) is 6.95. The quantitative estimate of drug-likeness (QED) is 0.860. The van der Waals surface area contributed by atoms with E-state index < -0.39 is 18.1 Å². The molecule has 5 nitrogen and oxygen atoms in total. The standard InChI is InChI=1S/C17H15NO4/c19-16(20)15-10-13-8-4-5-9-14(13)18(15)17(21)22-11-12-6-2-1-3-7-12/h1-9,15H,10-11H2,(H,19,20)/p-1/t15-/m1/s1. The number of benzene rings is 2. The highest BCUT2D eigenvalue weighted by Gasteiger charge is 2.35. The third kappa shape index (κ3) is 2.65. The molecule has 2 aromatic rings. The summed E-state index contributed by atoms with van der Waals surface area (Å²) < 4.78 is 5.25. The van der Waals surface area contributed by atoms with E-state index in [1.54, 1.807) is 18.2 Å². The Balaban J connectivity index is 1.78. The van der Waals surface area contributed by atoms with Crippen molar-refractivity contribution in [2.75, 3.05) is 4.90 Å². The van der Waals surface area contributed by atoms with Gasteiger partial charge < -0.3 is 14.6 Å². The number of amides is 1. The van der Waals surface area contributed by atoms with Gasteiger partial charge in [-0.1, -0.05) is 48.5 Å². The van der Waals surface area contributed by atoms with Crippen molar-refractivity contribution in [2.24, 2.45) is 0 Å². The van der Waals surface area contributed by atoms with Crippen molar-refractivity contribution in [1.82, 2.24) is 0 Å². The van der Waals surface area contributed by atoms with Crippen molar-refractivity contribution in [3.05, 3.63) is 65.7 Å². The maximum Gasteiger partial charge on any atom is 0.415 e. The lowest BCUT2D eigenvalue weighted by Gasteiger charge is -2.25. The van der Waals surface area contributed by atoms with Gasteiger partial charge in [-0.3, -0.25) is 4.90 Å². The summed E-state index contributed by atoms with van der Waals surface area (Å²) in [5.74, 6) is -1.28. The highest BCUT2D eigenvalue weighted by atomic mass is 16.6. The zero-order valence-electron chi connectivity index (χ0n) is 11.8. The lowest BCUT2D eigenvalue weighted by molar-refractivity contribution is -0.307. The molecule has 0 bridgehead atoms. The molecule has 3 rings (SSSR count). The van der Waals surface area contributed by atoms with Crippen LogP contribution in [0.2, 0.25) is 0 Å². The average Bonchev–Trinajstić information content (AvgIpc) is 2.93. The van der Waals surface area contributed by atoms with Crippen molar-refractivity contribution in [1.29, 1.82) is 0 Å². The number of hydrogen-bond acceptors (Lipinski definition) is 4. The first-order valence-corrected chi connectivity index (χ1v) is 6.95. The molecule has 112 valence electrons. The zero-order chi connectivity index (χ0) is 15.5. The van der Waals surface area contributed by atoms with E-state index in [-0.39, 0.29) is 13.0 Å². The number of aliphatic carboxylic acids is 1. The summed E-state index contributed by atoms with van der Waals surface area (Å²) in [5, 5.41) is 11.3. The number of ether oxygens (including phenoxy) is 1. The van der Waals surface area contributed by atoms with Crippen LogP contribution in [0.15, 0.2) is 54.6 Å². The molecule has 0 fully saturated rings. The summed E-state index contributed by atoms with van der Waals surface area (Å²) in [6, 6.07) is 15.3. The van der Waals surface area contributed by atoms with Gasteiger partial charge in [-0.2, -0.15) is 0 Å². The van der Waals surface area contributed by atoms with Gasteiger partial charge in [0.2, 0.25) is 0 Å². The van der Waals surface area contributed by atoms with Crippen LogP contribution in [0, 0.1) is 0 Å². The van der Waals surface area contributed by atoms with Gasteiger partial charge in [0.05, 0.1) is 17.7 Å². The first-order chi connectivity index (χ1) is 10.7. The molecule has 1 heterocycles. The molecule has 0 saturated carbocycles. The second-order valence-corrected chi connectivity index (χ2v) is 5.08. The summed E-state index contributed by atoms with van der Waals surface area (Å²) in [6.45, 7) is 0.0953. The van der Waals surface area contributed by atoms with Crippen molar-refractivity contribution in [2.45, 2.75) is 19.1 Å². The predicted molar refractivity (Wildman–Crippen MR) is 78.0 cm³/mol. The minimum absolute atomic E-state index is 0.0953. The highest BCUT2D eigenvalue weighted by Crippen LogP contribution is 2.32. The summed E-state index contributed by atoms with van der Waals surface area (Å²) in [7, 11) is 0. The monoisotopic (exact) mass is 296 g/mol. The maximum atomic E-state index is 12.3. The Kier molecular flexibility index (Phi) is 3.78. The van der Waals surface area contributed by atoms with E-state index in [1.807, 2.05) is 36.4 Å². The third-order valence-corrected chi connectivity index (χ3v) is 3.65. The average molecular weight is 296 g/mol. The molecule has 0 unspecified atom stereocenters. The summed E-state index contributed by atoms with van der Waals surface area (Å²) >= 11 is 0. The Labute approximate surface area is 127 Å². The normalized spacial score (nSPS) is 16.2. The van der Waals surface area contributed by atoms with Gasteiger partial charge >= 0.3 is 6.09 Å². The molecular formula is C17H14NO4-. The number of rotatable bonds is 3. The molecule has 0 N–H and O–H groups in total. The molecule has 0 spiro atoms. The van der Waals surface area contributed by atoms with Crippen LogP contribution >= 0.6 is 0 Å². The molecular weight excluding hydrogens is 282 g/mol. The van der Waals surface area contributed by atoms with Crippen LogP contribution in [-0.4, -0.2) is 18.1 Å². The topological polar surface area (TPSA) is 69.7 Å². The Morgan fingerprint density at radius 1 is 1.09 bits per heavy atom. The molecule has 1 atom stereocenters. The van der Waals surface area contributed by atoms with E-state index in [0.29, 0.717) is 5.69 Å².